The molecule has 0 saturated carbocycles. The maximum Gasteiger partial charge on any atom is 0.0272 e. The Labute approximate surface area is 61.5 Å². The average molecular weight is 148 g/mol. The van der Waals surface area contributed by atoms with Crippen molar-refractivity contribution in [1.82, 2.24) is 5.43 Å². The van der Waals surface area contributed by atoms with Crippen molar-refractivity contribution in [3.63, 3.8) is 0 Å². The molecular weight excluding hydrogens is 132 g/mol. The Morgan fingerprint density at radius 3 is 2.78 bits per heavy atom. The first kappa shape index (κ1) is 9.27. The van der Waals surface area contributed by atoms with E-state index < -0.39 is 0 Å². The molecule has 0 saturated heterocycles. The first-order valence-corrected chi connectivity index (χ1v) is 4.50. The van der Waals surface area contributed by atoms with E-state index in [1.807, 2.05) is 11.8 Å². The van der Waals surface area contributed by atoms with Crippen LogP contribution in [0.3, 0.4) is 0 Å². The second-order valence-corrected chi connectivity index (χ2v) is 3.29. The van der Waals surface area contributed by atoms with Crippen molar-refractivity contribution < 1.29 is 0 Å². The highest BCUT2D eigenvalue weighted by Crippen LogP contribution is 2.02. The first-order valence-electron chi connectivity index (χ1n) is 3.35. The van der Waals surface area contributed by atoms with E-state index in [1.165, 1.54) is 12.2 Å². The summed E-state index contributed by atoms with van der Waals surface area (Å²) in [4.78, 5) is 0. The zero-order valence-corrected chi connectivity index (χ0v) is 7.00. The lowest BCUT2D eigenvalue weighted by Gasteiger charge is -2.07. The predicted octanol–water partition coefficient (Wildman–Crippen LogP) is 0.981. The molecule has 0 radical (unpaired) electrons. The van der Waals surface area contributed by atoms with Gasteiger partial charge in [-0.1, -0.05) is 6.92 Å². The number of nitrogens with two attached hydrogens (primary N) is 1. The highest BCUT2D eigenvalue weighted by molar-refractivity contribution is 7.99. The molecule has 0 aromatic heterocycles. The number of rotatable bonds is 5. The van der Waals surface area contributed by atoms with Gasteiger partial charge in [-0.15, -0.1) is 0 Å². The third-order valence-corrected chi connectivity index (χ3v) is 2.43. The first-order chi connectivity index (χ1) is 4.31. The fourth-order valence-corrected chi connectivity index (χ4v) is 1.36. The van der Waals surface area contributed by atoms with E-state index in [2.05, 4.69) is 19.3 Å². The summed E-state index contributed by atoms with van der Waals surface area (Å²) in [6, 6.07) is 0.446. The minimum atomic E-state index is 0.446. The SMILES string of the molecule is CCCSCC(C)NN. The van der Waals surface area contributed by atoms with Crippen molar-refractivity contribution in [2.24, 2.45) is 5.84 Å². The molecular formula is C6H16N2S. The maximum absolute atomic E-state index is 5.19. The monoisotopic (exact) mass is 148 g/mol. The molecule has 2 nitrogen and oxygen atoms in total. The largest absolute Gasteiger partial charge is 0.271 e. The van der Waals surface area contributed by atoms with Gasteiger partial charge < -0.3 is 0 Å². The minimum absolute atomic E-state index is 0.446. The van der Waals surface area contributed by atoms with Gasteiger partial charge in [0, 0.05) is 11.8 Å². The minimum Gasteiger partial charge on any atom is -0.271 e. The predicted molar refractivity (Wildman–Crippen MR) is 44.4 cm³/mol. The van der Waals surface area contributed by atoms with Crippen molar-refractivity contribution in [2.45, 2.75) is 26.3 Å². The van der Waals surface area contributed by atoms with E-state index in [4.69, 9.17) is 5.84 Å². The molecule has 0 amide bonds. The fraction of sp³-hybridized carbons (Fsp3) is 1.00. The lowest BCUT2D eigenvalue weighted by atomic mass is 10.4. The number of hydrogen-bond donors (Lipinski definition) is 2. The van der Waals surface area contributed by atoms with Gasteiger partial charge in [0.15, 0.2) is 0 Å². The molecule has 0 aliphatic carbocycles. The molecule has 0 aromatic carbocycles. The summed E-state index contributed by atoms with van der Waals surface area (Å²) in [6.45, 7) is 4.27. The van der Waals surface area contributed by atoms with Crippen LogP contribution in [0.5, 0.6) is 0 Å². The fourth-order valence-electron chi connectivity index (χ4n) is 0.453. The highest BCUT2D eigenvalue weighted by Gasteiger charge is 1.95. The van der Waals surface area contributed by atoms with E-state index in [1.54, 1.807) is 0 Å². The van der Waals surface area contributed by atoms with Crippen LogP contribution in [-0.4, -0.2) is 17.5 Å². The summed E-state index contributed by atoms with van der Waals surface area (Å²) in [5.74, 6) is 7.55. The Balaban J connectivity index is 2.88. The van der Waals surface area contributed by atoms with Crippen LogP contribution in [-0.2, 0) is 0 Å². The van der Waals surface area contributed by atoms with Crippen molar-refractivity contribution in [3.8, 4) is 0 Å². The van der Waals surface area contributed by atoms with Crippen LogP contribution in [0.2, 0.25) is 0 Å². The topological polar surface area (TPSA) is 38.0 Å². The van der Waals surface area contributed by atoms with Crippen LogP contribution in [0.15, 0.2) is 0 Å². The second kappa shape index (κ2) is 6.39. The number of hydrogen-bond acceptors (Lipinski definition) is 3. The van der Waals surface area contributed by atoms with Crippen molar-refractivity contribution in [2.75, 3.05) is 11.5 Å². The van der Waals surface area contributed by atoms with Crippen molar-refractivity contribution in [3.05, 3.63) is 0 Å². The van der Waals surface area contributed by atoms with Gasteiger partial charge >= 0.3 is 0 Å². The van der Waals surface area contributed by atoms with Gasteiger partial charge in [0.05, 0.1) is 0 Å². The average Bonchev–Trinajstić information content (AvgIpc) is 1.89. The van der Waals surface area contributed by atoms with E-state index in [0.717, 1.165) is 5.75 Å². The lowest BCUT2D eigenvalue weighted by Crippen LogP contribution is -2.34. The smallest absolute Gasteiger partial charge is 0.0272 e. The van der Waals surface area contributed by atoms with Gasteiger partial charge in [-0.25, -0.2) is 0 Å². The van der Waals surface area contributed by atoms with Gasteiger partial charge in [-0.3, -0.25) is 11.3 Å². The molecule has 9 heavy (non-hydrogen) atoms. The summed E-state index contributed by atoms with van der Waals surface area (Å²) in [6.07, 6.45) is 1.25. The van der Waals surface area contributed by atoms with Crippen LogP contribution < -0.4 is 11.3 Å². The summed E-state index contributed by atoms with van der Waals surface area (Å²) >= 11 is 1.94. The standard InChI is InChI=1S/C6H16N2S/c1-3-4-9-5-6(2)8-7/h6,8H,3-5,7H2,1-2H3. The van der Waals surface area contributed by atoms with Crippen LogP contribution in [0, 0.1) is 0 Å². The Morgan fingerprint density at radius 1 is 1.67 bits per heavy atom. The summed E-state index contributed by atoms with van der Waals surface area (Å²) in [5, 5.41) is 0. The van der Waals surface area contributed by atoms with E-state index in [9.17, 15) is 0 Å². The number of nitrogens with one attached hydrogen (secondary N) is 1. The Bertz CT molecular complexity index is 59.0. The Hall–Kier alpha value is 0.270. The molecule has 56 valence electrons. The Kier molecular flexibility index (Phi) is 6.58. The molecule has 1 atom stereocenters. The third kappa shape index (κ3) is 6.15. The lowest BCUT2D eigenvalue weighted by molar-refractivity contribution is 0.625. The van der Waals surface area contributed by atoms with Gasteiger partial charge in [0.25, 0.3) is 0 Å². The van der Waals surface area contributed by atoms with Gasteiger partial charge in [-0.05, 0) is 19.1 Å². The quantitative estimate of drug-likeness (QED) is 0.347. The van der Waals surface area contributed by atoms with Crippen molar-refractivity contribution in [1.29, 1.82) is 0 Å². The molecule has 0 aliphatic rings. The molecule has 3 N–H and O–H groups in total. The van der Waals surface area contributed by atoms with Crippen LogP contribution in [0.4, 0.5) is 0 Å². The molecule has 0 spiro atoms. The molecule has 0 aliphatic heterocycles. The summed E-state index contributed by atoms with van der Waals surface area (Å²) in [5.41, 5.74) is 2.70. The summed E-state index contributed by atoms with van der Waals surface area (Å²) in [7, 11) is 0. The highest BCUT2D eigenvalue weighted by atomic mass is 32.2. The second-order valence-electron chi connectivity index (χ2n) is 2.14. The molecule has 0 bridgehead atoms. The molecule has 1 unspecified atom stereocenters. The van der Waals surface area contributed by atoms with E-state index in [-0.39, 0.29) is 0 Å². The molecule has 0 fully saturated rings. The van der Waals surface area contributed by atoms with Gasteiger partial charge in [0.1, 0.15) is 0 Å². The van der Waals surface area contributed by atoms with E-state index >= 15 is 0 Å². The zero-order chi connectivity index (χ0) is 7.11. The number of thioether (sulfide) groups is 1. The van der Waals surface area contributed by atoms with Crippen LogP contribution in [0.25, 0.3) is 0 Å². The Morgan fingerprint density at radius 2 is 2.33 bits per heavy atom. The zero-order valence-electron chi connectivity index (χ0n) is 6.18. The maximum atomic E-state index is 5.19. The normalized spacial score (nSPS) is 13.7. The van der Waals surface area contributed by atoms with Gasteiger partial charge in [-0.2, -0.15) is 11.8 Å². The number of hydrazine groups is 1. The van der Waals surface area contributed by atoms with E-state index in [0.29, 0.717) is 6.04 Å². The third-order valence-electron chi connectivity index (χ3n) is 1.00. The molecule has 3 heteroatoms. The molecule has 0 heterocycles. The van der Waals surface area contributed by atoms with Crippen LogP contribution in [0.1, 0.15) is 20.3 Å². The van der Waals surface area contributed by atoms with Gasteiger partial charge in [0.2, 0.25) is 0 Å². The molecule has 0 aromatic rings. The molecule has 0 rings (SSSR count). The summed E-state index contributed by atoms with van der Waals surface area (Å²) < 4.78 is 0. The van der Waals surface area contributed by atoms with Crippen molar-refractivity contribution >= 4 is 11.8 Å². The van der Waals surface area contributed by atoms with Crippen LogP contribution >= 0.6 is 11.8 Å².